The minimum absolute atomic E-state index is 0.124. The van der Waals surface area contributed by atoms with Gasteiger partial charge in [-0.25, -0.2) is 9.97 Å². The Morgan fingerprint density at radius 2 is 1.49 bits per heavy atom. The third-order valence-corrected chi connectivity index (χ3v) is 10.8. The van der Waals surface area contributed by atoms with E-state index in [0.29, 0.717) is 12.5 Å². The molecule has 2 aliphatic heterocycles. The Kier molecular flexibility index (Phi) is 10.3. The second kappa shape index (κ2) is 15.0. The molecule has 9 heteroatoms. The molecule has 3 aliphatic rings. The lowest BCUT2D eigenvalue weighted by Crippen LogP contribution is -2.49. The molecule has 1 aromatic heterocycles. The lowest BCUT2D eigenvalue weighted by atomic mass is 9.96. The number of anilines is 2. The van der Waals surface area contributed by atoms with E-state index in [9.17, 15) is 4.79 Å². The molecule has 2 saturated heterocycles. The third kappa shape index (κ3) is 7.56. The number of aryl methyl sites for hydroxylation is 1. The molecule has 254 valence electrons. The number of para-hydroxylation sites is 1. The molecule has 49 heavy (non-hydrogen) atoms. The van der Waals surface area contributed by atoms with Gasteiger partial charge in [-0.3, -0.25) is 14.6 Å². The predicted octanol–water partition coefficient (Wildman–Crippen LogP) is 6.23. The minimum Gasteiger partial charge on any atom is -0.356 e. The Morgan fingerprint density at radius 1 is 0.857 bits per heavy atom. The zero-order valence-corrected chi connectivity index (χ0v) is 29.8. The van der Waals surface area contributed by atoms with Gasteiger partial charge in [-0.2, -0.15) is 0 Å². The number of hydrogen-bond donors (Lipinski definition) is 0. The Labute approximate surface area is 299 Å². The van der Waals surface area contributed by atoms with Crippen LogP contribution in [-0.2, 0) is 11.3 Å². The van der Waals surface area contributed by atoms with Crippen molar-refractivity contribution < 1.29 is 4.79 Å². The standard InChI is InChI=1S/C40H44Cl2N6O/c1-28-7-16-36-35(25-28)40(47-19-17-34(18-20-47)48(27-49)37-6-4-3-5-29(37)2)44-38(43-36)26-45-21-23-46(24-22-45)39(30-8-12-32(41)13-9-30)31-10-14-33(42)15-11-31/h3-6,8-16,25,27-28,34,39H,7,17-24,26H2,1-2H3. The number of carbonyl (C=O) groups is 1. The van der Waals surface area contributed by atoms with E-state index in [-0.39, 0.29) is 12.1 Å². The molecule has 7 rings (SSSR count). The molecule has 0 N–H and O–H groups in total. The fourth-order valence-corrected chi connectivity index (χ4v) is 7.88. The van der Waals surface area contributed by atoms with E-state index in [1.807, 2.05) is 47.4 Å². The van der Waals surface area contributed by atoms with Gasteiger partial charge in [-0.05, 0) is 79.1 Å². The van der Waals surface area contributed by atoms with Crippen LogP contribution in [0.25, 0.3) is 12.2 Å². The van der Waals surface area contributed by atoms with Crippen molar-refractivity contribution in [2.24, 2.45) is 5.92 Å². The molecule has 0 saturated carbocycles. The largest absolute Gasteiger partial charge is 0.356 e. The molecule has 7 nitrogen and oxygen atoms in total. The maximum absolute atomic E-state index is 12.3. The molecule has 2 fully saturated rings. The summed E-state index contributed by atoms with van der Waals surface area (Å²) in [7, 11) is 0. The first-order valence-corrected chi connectivity index (χ1v) is 18.2. The van der Waals surface area contributed by atoms with Crippen LogP contribution in [-0.4, -0.2) is 71.5 Å². The number of hydrogen-bond acceptors (Lipinski definition) is 6. The molecule has 0 bridgehead atoms. The number of piperazine rings is 1. The molecule has 1 atom stereocenters. The van der Waals surface area contributed by atoms with Crippen LogP contribution in [0.3, 0.4) is 0 Å². The highest BCUT2D eigenvalue weighted by molar-refractivity contribution is 6.30. The van der Waals surface area contributed by atoms with Crippen LogP contribution in [0.4, 0.5) is 11.5 Å². The van der Waals surface area contributed by atoms with Crippen molar-refractivity contribution in [2.45, 2.75) is 51.7 Å². The van der Waals surface area contributed by atoms with Gasteiger partial charge in [0, 0.05) is 66.3 Å². The highest BCUT2D eigenvalue weighted by Gasteiger charge is 2.29. The van der Waals surface area contributed by atoms with E-state index in [0.717, 1.165) is 108 Å². The molecular weight excluding hydrogens is 651 g/mol. The van der Waals surface area contributed by atoms with Crippen LogP contribution in [0.2, 0.25) is 10.0 Å². The number of benzene rings is 3. The monoisotopic (exact) mass is 694 g/mol. The van der Waals surface area contributed by atoms with E-state index >= 15 is 0 Å². The van der Waals surface area contributed by atoms with Gasteiger partial charge in [-0.1, -0.05) is 84.7 Å². The molecule has 3 aromatic carbocycles. The minimum atomic E-state index is 0.124. The van der Waals surface area contributed by atoms with Gasteiger partial charge in [0.25, 0.3) is 0 Å². The average Bonchev–Trinajstić information content (AvgIpc) is 3.12. The van der Waals surface area contributed by atoms with Crippen LogP contribution in [0, 0.1) is 12.8 Å². The second-order valence-electron chi connectivity index (χ2n) is 13.7. The Morgan fingerprint density at radius 3 is 2.10 bits per heavy atom. The maximum Gasteiger partial charge on any atom is 0.214 e. The van der Waals surface area contributed by atoms with E-state index in [1.165, 1.54) is 11.1 Å². The first kappa shape index (κ1) is 33.7. The summed E-state index contributed by atoms with van der Waals surface area (Å²) in [5.74, 6) is 2.37. The number of piperidine rings is 1. The number of rotatable bonds is 9. The zero-order valence-electron chi connectivity index (χ0n) is 28.3. The molecule has 4 aromatic rings. The van der Waals surface area contributed by atoms with Crippen LogP contribution in [0.1, 0.15) is 54.7 Å². The Balaban J connectivity index is 1.07. The third-order valence-electron chi connectivity index (χ3n) is 10.3. The van der Waals surface area contributed by atoms with Gasteiger partial charge in [0.15, 0.2) is 0 Å². The highest BCUT2D eigenvalue weighted by Crippen LogP contribution is 2.32. The van der Waals surface area contributed by atoms with Crippen LogP contribution in [0.15, 0.2) is 72.8 Å². The van der Waals surface area contributed by atoms with Gasteiger partial charge in [0.2, 0.25) is 6.41 Å². The van der Waals surface area contributed by atoms with Crippen LogP contribution < -0.4 is 20.4 Å². The number of aromatic nitrogens is 2. The van der Waals surface area contributed by atoms with Crippen molar-refractivity contribution in [2.75, 3.05) is 49.1 Å². The summed E-state index contributed by atoms with van der Waals surface area (Å²) in [5.41, 5.74) is 4.57. The van der Waals surface area contributed by atoms with E-state index in [4.69, 9.17) is 33.2 Å². The van der Waals surface area contributed by atoms with Crippen molar-refractivity contribution in [1.29, 1.82) is 0 Å². The van der Waals surface area contributed by atoms with Crippen LogP contribution in [0.5, 0.6) is 0 Å². The Bertz CT molecular complexity index is 1840. The lowest BCUT2D eigenvalue weighted by Gasteiger charge is -2.40. The van der Waals surface area contributed by atoms with E-state index in [1.54, 1.807) is 0 Å². The first-order valence-electron chi connectivity index (χ1n) is 17.5. The summed E-state index contributed by atoms with van der Waals surface area (Å²) in [6.07, 6.45) is 8.41. The molecule has 1 unspecified atom stereocenters. The summed E-state index contributed by atoms with van der Waals surface area (Å²) in [5, 5.41) is 3.70. The predicted molar refractivity (Wildman–Crippen MR) is 201 cm³/mol. The summed E-state index contributed by atoms with van der Waals surface area (Å²) in [4.78, 5) is 32.0. The number of carbonyl (C=O) groups excluding carboxylic acids is 1. The van der Waals surface area contributed by atoms with Crippen molar-refractivity contribution >= 4 is 53.3 Å². The lowest BCUT2D eigenvalue weighted by molar-refractivity contribution is -0.108. The molecule has 3 heterocycles. The molecule has 0 spiro atoms. The molecule has 1 aliphatic carbocycles. The normalized spacial score (nSPS) is 18.9. The van der Waals surface area contributed by atoms with E-state index in [2.05, 4.69) is 71.0 Å². The molecule has 0 radical (unpaired) electrons. The van der Waals surface area contributed by atoms with Crippen molar-refractivity contribution in [1.82, 2.24) is 19.8 Å². The maximum atomic E-state index is 12.3. The summed E-state index contributed by atoms with van der Waals surface area (Å²) < 4.78 is 0. The van der Waals surface area contributed by atoms with Crippen molar-refractivity contribution in [3.8, 4) is 0 Å². The molecular formula is C40H44Cl2N6O. The first-order chi connectivity index (χ1) is 23.9. The van der Waals surface area contributed by atoms with E-state index < -0.39 is 0 Å². The van der Waals surface area contributed by atoms with Gasteiger partial charge < -0.3 is 9.80 Å². The summed E-state index contributed by atoms with van der Waals surface area (Å²) in [6, 6.07) is 24.9. The van der Waals surface area contributed by atoms with Gasteiger partial charge in [0.05, 0.1) is 17.9 Å². The zero-order chi connectivity index (χ0) is 33.9. The fraction of sp³-hybridized carbons (Fsp3) is 0.375. The fourth-order valence-electron chi connectivity index (χ4n) is 7.63. The smallest absolute Gasteiger partial charge is 0.214 e. The molecule has 1 amide bonds. The van der Waals surface area contributed by atoms with Crippen LogP contribution >= 0.6 is 23.2 Å². The van der Waals surface area contributed by atoms with Gasteiger partial charge in [-0.15, -0.1) is 0 Å². The SMILES string of the molecule is Cc1ccccc1N(C=O)C1CCN(c2nc(CN3CCN(C(c4ccc(Cl)cc4)c4ccc(Cl)cc4)CC3)nc3c2=CC(C)CC=3)CC1. The number of nitrogens with zero attached hydrogens (tertiary/aromatic N) is 6. The second-order valence-corrected chi connectivity index (χ2v) is 14.6. The average molecular weight is 696 g/mol. The number of amides is 1. The summed E-state index contributed by atoms with van der Waals surface area (Å²) in [6.45, 7) is 10.4. The number of fused-ring (bicyclic) bond motifs is 1. The van der Waals surface area contributed by atoms with Gasteiger partial charge in [0.1, 0.15) is 11.6 Å². The van der Waals surface area contributed by atoms with Crippen molar-refractivity contribution in [3.05, 3.63) is 116 Å². The van der Waals surface area contributed by atoms with Gasteiger partial charge >= 0.3 is 0 Å². The quantitative estimate of drug-likeness (QED) is 0.194. The number of halogens is 2. The Hall–Kier alpha value is -3.75. The highest BCUT2D eigenvalue weighted by atomic mass is 35.5. The topological polar surface area (TPSA) is 55.8 Å². The summed E-state index contributed by atoms with van der Waals surface area (Å²) >= 11 is 12.5. The van der Waals surface area contributed by atoms with Crippen molar-refractivity contribution in [3.63, 3.8) is 0 Å².